The summed E-state index contributed by atoms with van der Waals surface area (Å²) in [6.45, 7) is 4.14. The first-order valence-corrected chi connectivity index (χ1v) is 12.1. The highest BCUT2D eigenvalue weighted by Crippen LogP contribution is 2.56. The minimum absolute atomic E-state index is 0.0315. The van der Waals surface area contributed by atoms with E-state index in [0.717, 1.165) is 22.6 Å². The van der Waals surface area contributed by atoms with Gasteiger partial charge in [0.05, 0.1) is 38.0 Å². The number of benzene rings is 2. The number of hydrogen-bond donors (Lipinski definition) is 0. The van der Waals surface area contributed by atoms with Crippen molar-refractivity contribution in [1.82, 2.24) is 0 Å². The first kappa shape index (κ1) is 24.6. The van der Waals surface area contributed by atoms with E-state index in [1.54, 1.807) is 0 Å². The van der Waals surface area contributed by atoms with Gasteiger partial charge in [0.1, 0.15) is 0 Å². The molecule has 0 spiro atoms. The van der Waals surface area contributed by atoms with Gasteiger partial charge in [-0.15, -0.1) is 0 Å². The standard InChI is InChI=1S/C29H32N2O4/c1-5-12-21(22(29(33)35-4)17-23(32)34-3)24-18(2)25-26(24)28(20-15-10-7-11-16-20)31-30-27(25)19-13-8-6-9-14-19/h5-16,18,21-22,24-26H,17H2,1-4H3/b12-5-/t18?,21?,22-,24?,25?,26?/m1/s1. The normalized spacial score (nSPS) is 24.9. The molecule has 1 heterocycles. The second-order valence-electron chi connectivity index (χ2n) is 9.20. The maximum Gasteiger partial charge on any atom is 0.309 e. The average molecular weight is 473 g/mol. The van der Waals surface area contributed by atoms with Gasteiger partial charge in [-0.05, 0) is 35.8 Å². The van der Waals surface area contributed by atoms with Gasteiger partial charge in [-0.25, -0.2) is 0 Å². The predicted molar refractivity (Wildman–Crippen MR) is 136 cm³/mol. The molecule has 35 heavy (non-hydrogen) atoms. The lowest BCUT2D eigenvalue weighted by molar-refractivity contribution is -0.155. The Morgan fingerprint density at radius 1 is 0.886 bits per heavy atom. The van der Waals surface area contributed by atoms with Crippen LogP contribution in [0.4, 0.5) is 0 Å². The van der Waals surface area contributed by atoms with E-state index in [1.165, 1.54) is 14.2 Å². The third-order valence-electron chi connectivity index (χ3n) is 7.45. The quantitative estimate of drug-likeness (QED) is 0.403. The molecular formula is C29H32N2O4. The van der Waals surface area contributed by atoms with Crippen molar-refractivity contribution in [1.29, 1.82) is 0 Å². The topological polar surface area (TPSA) is 77.3 Å². The number of hydrogen-bond acceptors (Lipinski definition) is 6. The van der Waals surface area contributed by atoms with Gasteiger partial charge in [-0.2, -0.15) is 10.2 Å². The number of carbonyl (C=O) groups excluding carboxylic acids is 2. The predicted octanol–water partition coefficient (Wildman–Crippen LogP) is 4.94. The van der Waals surface area contributed by atoms with Gasteiger partial charge in [0.2, 0.25) is 0 Å². The number of rotatable bonds is 8. The second kappa shape index (κ2) is 10.8. The maximum atomic E-state index is 12.9. The molecule has 1 fully saturated rings. The Balaban J connectivity index is 1.79. The highest BCUT2D eigenvalue weighted by atomic mass is 16.5. The van der Waals surface area contributed by atoms with Crippen LogP contribution in [0.5, 0.6) is 0 Å². The third kappa shape index (κ3) is 4.70. The minimum Gasteiger partial charge on any atom is -0.469 e. The highest BCUT2D eigenvalue weighted by molar-refractivity contribution is 6.13. The van der Waals surface area contributed by atoms with Crippen LogP contribution in [0.2, 0.25) is 0 Å². The minimum atomic E-state index is -0.645. The van der Waals surface area contributed by atoms with Crippen LogP contribution in [-0.2, 0) is 19.1 Å². The smallest absolute Gasteiger partial charge is 0.309 e. The first-order valence-electron chi connectivity index (χ1n) is 12.1. The number of methoxy groups -OCH3 is 2. The largest absolute Gasteiger partial charge is 0.469 e. The molecule has 0 bridgehead atoms. The Bertz CT molecular complexity index is 1140. The van der Waals surface area contributed by atoms with E-state index >= 15 is 0 Å². The van der Waals surface area contributed by atoms with Crippen molar-refractivity contribution >= 4 is 23.4 Å². The van der Waals surface area contributed by atoms with Gasteiger partial charge >= 0.3 is 11.9 Å². The Morgan fingerprint density at radius 2 is 1.43 bits per heavy atom. The summed E-state index contributed by atoms with van der Waals surface area (Å²) in [6.07, 6.45) is 3.96. The summed E-state index contributed by atoms with van der Waals surface area (Å²) >= 11 is 0. The van der Waals surface area contributed by atoms with E-state index in [-0.39, 0.29) is 36.0 Å². The van der Waals surface area contributed by atoms with Crippen molar-refractivity contribution in [2.45, 2.75) is 20.3 Å². The summed E-state index contributed by atoms with van der Waals surface area (Å²) < 4.78 is 10.1. The zero-order valence-electron chi connectivity index (χ0n) is 20.6. The summed E-state index contributed by atoms with van der Waals surface area (Å²) in [5, 5.41) is 9.45. The number of esters is 2. The van der Waals surface area contributed by atoms with Gasteiger partial charge in [0, 0.05) is 11.8 Å². The lowest BCUT2D eigenvalue weighted by atomic mass is 9.48. The molecule has 182 valence electrons. The van der Waals surface area contributed by atoms with E-state index in [2.05, 4.69) is 31.2 Å². The van der Waals surface area contributed by atoms with Crippen LogP contribution >= 0.6 is 0 Å². The fourth-order valence-electron chi connectivity index (χ4n) is 5.85. The fourth-order valence-corrected chi connectivity index (χ4v) is 5.85. The van der Waals surface area contributed by atoms with Gasteiger partial charge < -0.3 is 9.47 Å². The van der Waals surface area contributed by atoms with Crippen LogP contribution in [0.1, 0.15) is 31.4 Å². The Labute approximate surface area is 206 Å². The van der Waals surface area contributed by atoms with Crippen molar-refractivity contribution in [2.24, 2.45) is 45.7 Å². The molecule has 2 aromatic carbocycles. The molecule has 6 atom stereocenters. The van der Waals surface area contributed by atoms with Crippen LogP contribution in [0.3, 0.4) is 0 Å². The molecule has 6 heteroatoms. The zero-order valence-corrected chi connectivity index (χ0v) is 20.6. The summed E-state index contributed by atoms with van der Waals surface area (Å²) in [6, 6.07) is 20.2. The van der Waals surface area contributed by atoms with E-state index in [0.29, 0.717) is 0 Å². The maximum absolute atomic E-state index is 12.9. The van der Waals surface area contributed by atoms with Crippen molar-refractivity contribution in [2.75, 3.05) is 14.2 Å². The molecule has 0 amide bonds. The summed E-state index contributed by atoms with van der Waals surface area (Å²) in [7, 11) is 2.71. The van der Waals surface area contributed by atoms with Crippen molar-refractivity contribution < 1.29 is 19.1 Å². The fraction of sp³-hybridized carbons (Fsp3) is 0.379. The van der Waals surface area contributed by atoms with E-state index < -0.39 is 17.9 Å². The Morgan fingerprint density at radius 3 is 1.91 bits per heavy atom. The lowest BCUT2D eigenvalue weighted by Crippen LogP contribution is -2.58. The summed E-state index contributed by atoms with van der Waals surface area (Å²) in [5.41, 5.74) is 3.98. The van der Waals surface area contributed by atoms with E-state index in [9.17, 15) is 9.59 Å². The van der Waals surface area contributed by atoms with Crippen LogP contribution in [0.15, 0.2) is 83.0 Å². The molecule has 0 saturated heterocycles. The molecule has 2 aliphatic rings. The van der Waals surface area contributed by atoms with E-state index in [1.807, 2.05) is 55.5 Å². The SMILES string of the molecule is C/C=C\C(C1C(C)C2C(c3ccccc3)=NN=C(c3ccccc3)C21)[C@@H](CC(=O)OC)C(=O)OC. The molecule has 5 unspecified atom stereocenters. The second-order valence-corrected chi connectivity index (χ2v) is 9.20. The van der Waals surface area contributed by atoms with Gasteiger partial charge in [0.25, 0.3) is 0 Å². The van der Waals surface area contributed by atoms with Crippen LogP contribution in [0.25, 0.3) is 0 Å². The molecule has 0 N–H and O–H groups in total. The summed E-state index contributed by atoms with van der Waals surface area (Å²) in [4.78, 5) is 25.2. The number of fused-ring (bicyclic) bond motifs is 1. The van der Waals surface area contributed by atoms with Crippen molar-refractivity contribution in [3.63, 3.8) is 0 Å². The third-order valence-corrected chi connectivity index (χ3v) is 7.45. The molecule has 0 radical (unpaired) electrons. The molecule has 1 aliphatic carbocycles. The number of nitrogens with zero attached hydrogens (tertiary/aromatic N) is 2. The summed E-state index contributed by atoms with van der Waals surface area (Å²) in [5.74, 6) is -1.21. The number of ether oxygens (including phenoxy) is 2. The number of carbonyl (C=O) groups is 2. The molecule has 1 saturated carbocycles. The molecular weight excluding hydrogens is 440 g/mol. The van der Waals surface area contributed by atoms with Crippen LogP contribution in [-0.4, -0.2) is 37.6 Å². The molecule has 4 rings (SSSR count). The first-order chi connectivity index (χ1) is 17.0. The zero-order chi connectivity index (χ0) is 24.9. The molecule has 1 aliphatic heterocycles. The van der Waals surface area contributed by atoms with Gasteiger partial charge in [-0.3, -0.25) is 9.59 Å². The number of allylic oxidation sites excluding steroid dienone is 2. The van der Waals surface area contributed by atoms with Crippen LogP contribution < -0.4 is 0 Å². The average Bonchev–Trinajstić information content (AvgIpc) is 2.91. The lowest BCUT2D eigenvalue weighted by Gasteiger charge is -2.56. The Kier molecular flexibility index (Phi) is 7.59. The van der Waals surface area contributed by atoms with Crippen LogP contribution in [0, 0.1) is 35.5 Å². The van der Waals surface area contributed by atoms with Gasteiger partial charge in [0.15, 0.2) is 0 Å². The molecule has 0 aromatic heterocycles. The highest BCUT2D eigenvalue weighted by Gasteiger charge is 2.58. The van der Waals surface area contributed by atoms with Crippen molar-refractivity contribution in [3.05, 3.63) is 83.9 Å². The van der Waals surface area contributed by atoms with Crippen molar-refractivity contribution in [3.8, 4) is 0 Å². The Hall–Kier alpha value is -3.54. The van der Waals surface area contributed by atoms with Gasteiger partial charge in [-0.1, -0.05) is 79.7 Å². The monoisotopic (exact) mass is 472 g/mol. The molecule has 6 nitrogen and oxygen atoms in total. The van der Waals surface area contributed by atoms with E-state index in [4.69, 9.17) is 19.7 Å². The molecule has 2 aromatic rings.